The van der Waals surface area contributed by atoms with Crippen LogP contribution in [0.3, 0.4) is 0 Å². The van der Waals surface area contributed by atoms with E-state index in [2.05, 4.69) is 20.2 Å². The number of nitrogens with zero attached hydrogens (tertiary/aromatic N) is 7. The van der Waals surface area contributed by atoms with Gasteiger partial charge in [-0.1, -0.05) is 24.3 Å². The summed E-state index contributed by atoms with van der Waals surface area (Å²) in [5, 5.41) is 23.2. The molecule has 8 rings (SSSR count). The van der Waals surface area contributed by atoms with Crippen LogP contribution in [0.15, 0.2) is 88.8 Å². The van der Waals surface area contributed by atoms with Crippen LogP contribution in [0, 0.1) is 11.6 Å². The first-order chi connectivity index (χ1) is 26.5. The molecule has 0 radical (unpaired) electrons. The van der Waals surface area contributed by atoms with Gasteiger partial charge in [0, 0.05) is 62.8 Å². The molecule has 0 atom stereocenters. The van der Waals surface area contributed by atoms with E-state index in [0.717, 1.165) is 22.4 Å². The second kappa shape index (κ2) is 14.4. The van der Waals surface area contributed by atoms with Gasteiger partial charge in [0.25, 0.3) is 11.5 Å². The maximum Gasteiger partial charge on any atom is 0.407 e. The summed E-state index contributed by atoms with van der Waals surface area (Å²) in [4.78, 5) is 64.4. The van der Waals surface area contributed by atoms with Gasteiger partial charge in [0.05, 0.1) is 17.3 Å². The number of pyridine rings is 2. The molecule has 1 aliphatic carbocycles. The highest BCUT2D eigenvalue weighted by molar-refractivity contribution is 5.93. The molecular formula is C39H36F2N8O6. The Hall–Kier alpha value is -6.42. The van der Waals surface area contributed by atoms with Crippen molar-refractivity contribution >= 4 is 28.7 Å². The molecule has 2 fully saturated rings. The molecule has 0 spiro atoms. The van der Waals surface area contributed by atoms with E-state index in [9.17, 15) is 38.2 Å². The van der Waals surface area contributed by atoms with Gasteiger partial charge in [0.2, 0.25) is 0 Å². The standard InChI is InChI=1S/C39H36F2N8O6/c40-25-5-11-34-44-32(22-47(34)21-25)36(51)43-27-6-8-28(9-7-27)49-37(52)31-18-26(41)19-42-35(31)48(38(49)53)29-3-1-2-24(17-29)30-10-4-23(16-33(30)50)20-45-12-14-46(15-13-45)39(54)55/h1-5,10-11,16-19,21-22,27-28,50H,6-9,12-15,20H2,(H,43,51)(H,54,55)/t27-,28+. The Balaban J connectivity index is 1.04. The minimum absolute atomic E-state index is 0.0133. The summed E-state index contributed by atoms with van der Waals surface area (Å²) < 4.78 is 32.1. The second-order valence-electron chi connectivity index (χ2n) is 14.0. The molecule has 55 heavy (non-hydrogen) atoms. The molecule has 1 aliphatic heterocycles. The van der Waals surface area contributed by atoms with Crippen LogP contribution in [-0.2, 0) is 6.54 Å². The van der Waals surface area contributed by atoms with E-state index in [1.54, 1.807) is 36.4 Å². The molecular weight excluding hydrogens is 714 g/mol. The lowest BCUT2D eigenvalue weighted by Crippen LogP contribution is -2.47. The molecule has 4 aromatic heterocycles. The van der Waals surface area contributed by atoms with E-state index in [0.29, 0.717) is 80.9 Å². The van der Waals surface area contributed by atoms with Crippen molar-refractivity contribution in [3.8, 4) is 22.6 Å². The summed E-state index contributed by atoms with van der Waals surface area (Å²) in [6.07, 6.45) is 4.35. The van der Waals surface area contributed by atoms with Crippen molar-refractivity contribution in [3.63, 3.8) is 0 Å². The van der Waals surface area contributed by atoms with Crippen molar-refractivity contribution in [2.45, 2.75) is 44.3 Å². The molecule has 282 valence electrons. The monoisotopic (exact) mass is 750 g/mol. The van der Waals surface area contributed by atoms with Crippen molar-refractivity contribution in [1.29, 1.82) is 0 Å². The van der Waals surface area contributed by atoms with Gasteiger partial charge in [0.1, 0.15) is 28.7 Å². The van der Waals surface area contributed by atoms with Gasteiger partial charge < -0.3 is 24.8 Å². The van der Waals surface area contributed by atoms with E-state index in [-0.39, 0.29) is 28.5 Å². The number of aromatic hydroxyl groups is 1. The highest BCUT2D eigenvalue weighted by Gasteiger charge is 2.29. The number of rotatable bonds is 7. The third kappa shape index (κ3) is 7.03. The number of carboxylic acid groups (broad SMARTS) is 1. The molecule has 1 saturated heterocycles. The number of carbonyl (C=O) groups is 2. The van der Waals surface area contributed by atoms with Crippen molar-refractivity contribution < 1.29 is 28.6 Å². The zero-order valence-electron chi connectivity index (χ0n) is 29.4. The van der Waals surface area contributed by atoms with Crippen molar-refractivity contribution in [2.75, 3.05) is 26.2 Å². The van der Waals surface area contributed by atoms with E-state index < -0.39 is 40.9 Å². The average molecular weight is 751 g/mol. The van der Waals surface area contributed by atoms with Gasteiger partial charge in [-0.15, -0.1) is 0 Å². The van der Waals surface area contributed by atoms with E-state index in [1.807, 2.05) is 6.07 Å². The Morgan fingerprint density at radius 3 is 2.42 bits per heavy atom. The number of halogens is 2. The van der Waals surface area contributed by atoms with Crippen LogP contribution < -0.4 is 16.6 Å². The quantitative estimate of drug-likeness (QED) is 0.212. The predicted octanol–water partition coefficient (Wildman–Crippen LogP) is 4.56. The number of piperazine rings is 1. The van der Waals surface area contributed by atoms with Crippen LogP contribution in [-0.4, -0.2) is 87.7 Å². The number of benzene rings is 2. The predicted molar refractivity (Wildman–Crippen MR) is 197 cm³/mol. The number of amides is 2. The summed E-state index contributed by atoms with van der Waals surface area (Å²) in [6, 6.07) is 15.2. The normalized spacial score (nSPS) is 17.8. The lowest BCUT2D eigenvalue weighted by Gasteiger charge is -2.33. The molecule has 14 nitrogen and oxygen atoms in total. The summed E-state index contributed by atoms with van der Waals surface area (Å²) in [5.41, 5.74) is 1.52. The number of aromatic nitrogens is 5. The third-order valence-electron chi connectivity index (χ3n) is 10.5. The number of phenolic OH excluding ortho intramolecular Hbond substituents is 1. The minimum atomic E-state index is -0.937. The third-order valence-corrected chi connectivity index (χ3v) is 10.5. The fourth-order valence-corrected chi connectivity index (χ4v) is 7.64. The molecule has 0 bridgehead atoms. The molecule has 1 saturated carbocycles. The van der Waals surface area contributed by atoms with Crippen LogP contribution in [0.1, 0.15) is 47.8 Å². The fourth-order valence-electron chi connectivity index (χ4n) is 7.64. The first-order valence-electron chi connectivity index (χ1n) is 17.9. The van der Waals surface area contributed by atoms with Crippen molar-refractivity contribution in [1.82, 2.24) is 38.6 Å². The number of fused-ring (bicyclic) bond motifs is 2. The average Bonchev–Trinajstić information content (AvgIpc) is 3.60. The topological polar surface area (TPSA) is 167 Å². The zero-order chi connectivity index (χ0) is 38.4. The molecule has 2 aliphatic rings. The first kappa shape index (κ1) is 35.6. The molecule has 6 aromatic rings. The van der Waals surface area contributed by atoms with Crippen LogP contribution in [0.2, 0.25) is 0 Å². The molecule has 5 heterocycles. The minimum Gasteiger partial charge on any atom is -0.507 e. The van der Waals surface area contributed by atoms with Gasteiger partial charge in [0.15, 0.2) is 5.65 Å². The summed E-state index contributed by atoms with van der Waals surface area (Å²) >= 11 is 0. The van der Waals surface area contributed by atoms with Crippen LogP contribution in [0.5, 0.6) is 5.75 Å². The lowest BCUT2D eigenvalue weighted by atomic mass is 9.90. The van der Waals surface area contributed by atoms with Gasteiger partial charge >= 0.3 is 11.8 Å². The highest BCUT2D eigenvalue weighted by atomic mass is 19.1. The number of imidazole rings is 1. The number of hydrogen-bond acceptors (Lipinski definition) is 8. The number of phenols is 1. The smallest absolute Gasteiger partial charge is 0.407 e. The summed E-state index contributed by atoms with van der Waals surface area (Å²) in [5.74, 6) is -1.60. The van der Waals surface area contributed by atoms with Gasteiger partial charge in [-0.2, -0.15) is 0 Å². The van der Waals surface area contributed by atoms with Gasteiger partial charge in [-0.3, -0.25) is 19.1 Å². The number of hydrogen-bond donors (Lipinski definition) is 3. The van der Waals surface area contributed by atoms with Crippen LogP contribution in [0.25, 0.3) is 33.5 Å². The number of nitrogens with one attached hydrogen (secondary N) is 1. The zero-order valence-corrected chi connectivity index (χ0v) is 29.4. The Morgan fingerprint density at radius 1 is 0.891 bits per heavy atom. The van der Waals surface area contributed by atoms with Crippen molar-refractivity contribution in [3.05, 3.63) is 123 Å². The Bertz CT molecular complexity index is 2590. The van der Waals surface area contributed by atoms with Crippen molar-refractivity contribution in [2.24, 2.45) is 0 Å². The Labute approximate surface area is 311 Å². The molecule has 2 aromatic carbocycles. The maximum atomic E-state index is 14.6. The fraction of sp³-hybridized carbons (Fsp3) is 0.282. The van der Waals surface area contributed by atoms with E-state index in [4.69, 9.17) is 0 Å². The first-order valence-corrected chi connectivity index (χ1v) is 17.9. The van der Waals surface area contributed by atoms with Crippen LogP contribution in [0.4, 0.5) is 13.6 Å². The molecule has 0 unspecified atom stereocenters. The molecule has 3 N–H and O–H groups in total. The largest absolute Gasteiger partial charge is 0.507 e. The second-order valence-corrected chi connectivity index (χ2v) is 14.0. The lowest BCUT2D eigenvalue weighted by molar-refractivity contribution is 0.0917. The summed E-state index contributed by atoms with van der Waals surface area (Å²) in [7, 11) is 0. The molecule has 16 heteroatoms. The highest BCUT2D eigenvalue weighted by Crippen LogP contribution is 2.32. The Morgan fingerprint density at radius 2 is 1.67 bits per heavy atom. The SMILES string of the molecule is O=C(N[C@H]1CC[C@@H](n2c(=O)c3cc(F)cnc3n(-c3cccc(-c4ccc(CN5CCN(C(=O)O)CC5)cc4O)c3)c2=O)CC1)c1cn2cc(F)ccc2n1. The Kier molecular flexibility index (Phi) is 9.34. The summed E-state index contributed by atoms with van der Waals surface area (Å²) in [6.45, 7) is 2.50. The van der Waals surface area contributed by atoms with E-state index >= 15 is 0 Å². The number of carbonyl (C=O) groups excluding carboxylic acids is 1. The van der Waals surface area contributed by atoms with Crippen LogP contribution >= 0.6 is 0 Å². The van der Waals surface area contributed by atoms with E-state index in [1.165, 1.54) is 38.4 Å². The van der Waals surface area contributed by atoms with Gasteiger partial charge in [-0.25, -0.2) is 32.9 Å². The maximum absolute atomic E-state index is 14.6. The van der Waals surface area contributed by atoms with Gasteiger partial charge in [-0.05, 0) is 73.2 Å². The molecule has 2 amide bonds.